The molecule has 96 valence electrons. The van der Waals surface area contributed by atoms with Gasteiger partial charge in [-0.15, -0.1) is 0 Å². The maximum absolute atomic E-state index is 10.8. The average Bonchev–Trinajstić information content (AvgIpc) is 2.78. The van der Waals surface area contributed by atoms with Gasteiger partial charge in [0.1, 0.15) is 11.7 Å². The highest BCUT2D eigenvalue weighted by atomic mass is 16.5. The minimum Gasteiger partial charge on any atom is -0.386 e. The topological polar surface area (TPSA) is 29.5 Å². The molecule has 0 radical (unpaired) electrons. The summed E-state index contributed by atoms with van der Waals surface area (Å²) in [6.45, 7) is 8.81. The standard InChI is InChI=1S/C15H24O2/c1-9(2)15-8-7-14(4,17-15)11-6-5-10(3)12(11)13(15)16/h9,11,13,16H,5-8H2,1-4H3. The molecule has 4 atom stereocenters. The third-order valence-electron chi connectivity index (χ3n) is 5.58. The van der Waals surface area contributed by atoms with Crippen LogP contribution in [0.1, 0.15) is 53.4 Å². The van der Waals surface area contributed by atoms with Crippen molar-refractivity contribution in [3.8, 4) is 0 Å². The second-order valence-electron chi connectivity index (χ2n) is 6.75. The normalized spacial score (nSPS) is 49.1. The van der Waals surface area contributed by atoms with Gasteiger partial charge in [0.05, 0.1) is 5.60 Å². The summed E-state index contributed by atoms with van der Waals surface area (Å²) >= 11 is 0. The van der Waals surface area contributed by atoms with E-state index in [1.165, 1.54) is 17.6 Å². The number of fused-ring (bicyclic) bond motifs is 4. The van der Waals surface area contributed by atoms with Gasteiger partial charge in [0, 0.05) is 5.92 Å². The highest BCUT2D eigenvalue weighted by Crippen LogP contribution is 2.59. The van der Waals surface area contributed by atoms with E-state index in [9.17, 15) is 5.11 Å². The SMILES string of the molecule is CC1=C2C(CC1)C1(C)CCC(C(C)C)(O1)C2O. The highest BCUT2D eigenvalue weighted by molar-refractivity contribution is 5.35. The van der Waals surface area contributed by atoms with Crippen molar-refractivity contribution in [2.45, 2.75) is 70.7 Å². The number of rotatable bonds is 1. The van der Waals surface area contributed by atoms with Gasteiger partial charge >= 0.3 is 0 Å². The van der Waals surface area contributed by atoms with Crippen molar-refractivity contribution in [1.29, 1.82) is 0 Å². The number of hydrogen-bond acceptors (Lipinski definition) is 2. The van der Waals surface area contributed by atoms with Crippen LogP contribution in [0.4, 0.5) is 0 Å². The summed E-state index contributed by atoms with van der Waals surface area (Å²) in [7, 11) is 0. The van der Waals surface area contributed by atoms with Gasteiger partial charge in [0.2, 0.25) is 0 Å². The van der Waals surface area contributed by atoms with Crippen LogP contribution in [0.25, 0.3) is 0 Å². The first-order valence-corrected chi connectivity index (χ1v) is 6.98. The third kappa shape index (κ3) is 1.29. The zero-order valence-corrected chi connectivity index (χ0v) is 11.4. The molecule has 2 fully saturated rings. The van der Waals surface area contributed by atoms with Crippen LogP contribution in [-0.4, -0.2) is 22.4 Å². The molecule has 0 spiro atoms. The summed E-state index contributed by atoms with van der Waals surface area (Å²) in [6.07, 6.45) is 4.05. The van der Waals surface area contributed by atoms with Crippen LogP contribution in [0, 0.1) is 11.8 Å². The van der Waals surface area contributed by atoms with E-state index in [1.807, 2.05) is 0 Å². The maximum Gasteiger partial charge on any atom is 0.105 e. The summed E-state index contributed by atoms with van der Waals surface area (Å²) < 4.78 is 6.42. The van der Waals surface area contributed by atoms with Crippen molar-refractivity contribution in [3.63, 3.8) is 0 Å². The number of allylic oxidation sites excluding steroid dienone is 1. The van der Waals surface area contributed by atoms with Gasteiger partial charge in [-0.05, 0) is 51.0 Å². The van der Waals surface area contributed by atoms with Crippen LogP contribution in [0.3, 0.4) is 0 Å². The Morgan fingerprint density at radius 3 is 2.71 bits per heavy atom. The Balaban J connectivity index is 2.11. The fourth-order valence-corrected chi connectivity index (χ4v) is 4.42. The Morgan fingerprint density at radius 2 is 2.06 bits per heavy atom. The lowest BCUT2D eigenvalue weighted by atomic mass is 9.74. The molecule has 17 heavy (non-hydrogen) atoms. The number of aliphatic hydroxyl groups is 1. The lowest BCUT2D eigenvalue weighted by molar-refractivity contribution is -0.202. The fourth-order valence-electron chi connectivity index (χ4n) is 4.42. The molecule has 1 N–H and O–H groups in total. The summed E-state index contributed by atoms with van der Waals surface area (Å²) in [5.41, 5.74) is 2.41. The Hall–Kier alpha value is -0.340. The van der Waals surface area contributed by atoms with Gasteiger partial charge < -0.3 is 9.84 Å². The third-order valence-corrected chi connectivity index (χ3v) is 5.58. The van der Waals surface area contributed by atoms with E-state index in [2.05, 4.69) is 27.7 Å². The zero-order chi connectivity index (χ0) is 12.4. The predicted octanol–water partition coefficient (Wildman–Crippen LogP) is 3.05. The quantitative estimate of drug-likeness (QED) is 0.709. The number of hydrogen-bond donors (Lipinski definition) is 1. The van der Waals surface area contributed by atoms with Crippen LogP contribution in [-0.2, 0) is 4.74 Å². The van der Waals surface area contributed by atoms with Gasteiger partial charge in [-0.3, -0.25) is 0 Å². The lowest BCUT2D eigenvalue weighted by Crippen LogP contribution is -2.56. The first kappa shape index (κ1) is 11.7. The van der Waals surface area contributed by atoms with Crippen molar-refractivity contribution in [2.24, 2.45) is 11.8 Å². The van der Waals surface area contributed by atoms with Gasteiger partial charge in [0.15, 0.2) is 0 Å². The molecule has 0 aromatic carbocycles. The molecular formula is C15H24O2. The molecule has 0 aromatic rings. The van der Waals surface area contributed by atoms with Crippen LogP contribution in [0.2, 0.25) is 0 Å². The van der Waals surface area contributed by atoms with Crippen molar-refractivity contribution in [2.75, 3.05) is 0 Å². The first-order valence-electron chi connectivity index (χ1n) is 6.98. The van der Waals surface area contributed by atoms with Crippen molar-refractivity contribution < 1.29 is 9.84 Å². The molecular weight excluding hydrogens is 212 g/mol. The smallest absolute Gasteiger partial charge is 0.105 e. The van der Waals surface area contributed by atoms with E-state index < -0.39 is 0 Å². The van der Waals surface area contributed by atoms with E-state index in [-0.39, 0.29) is 17.3 Å². The zero-order valence-electron chi connectivity index (χ0n) is 11.4. The van der Waals surface area contributed by atoms with E-state index in [4.69, 9.17) is 4.74 Å². The van der Waals surface area contributed by atoms with Crippen LogP contribution in [0.5, 0.6) is 0 Å². The molecule has 2 saturated heterocycles. The monoisotopic (exact) mass is 236 g/mol. The van der Waals surface area contributed by atoms with Crippen LogP contribution < -0.4 is 0 Å². The van der Waals surface area contributed by atoms with Crippen molar-refractivity contribution in [1.82, 2.24) is 0 Å². The molecule has 2 aliphatic heterocycles. The maximum atomic E-state index is 10.8. The van der Waals surface area contributed by atoms with E-state index in [0.29, 0.717) is 11.8 Å². The molecule has 1 aliphatic carbocycles. The summed E-state index contributed by atoms with van der Waals surface area (Å²) in [5.74, 6) is 0.841. The highest BCUT2D eigenvalue weighted by Gasteiger charge is 2.63. The van der Waals surface area contributed by atoms with E-state index in [0.717, 1.165) is 19.3 Å². The summed E-state index contributed by atoms with van der Waals surface area (Å²) in [4.78, 5) is 0. The lowest BCUT2D eigenvalue weighted by Gasteiger charge is -2.49. The molecule has 0 aromatic heterocycles. The minimum atomic E-state index is -0.370. The van der Waals surface area contributed by atoms with Gasteiger partial charge in [0.25, 0.3) is 0 Å². The van der Waals surface area contributed by atoms with E-state index >= 15 is 0 Å². The number of ether oxygens (including phenoxy) is 1. The second kappa shape index (κ2) is 3.36. The Morgan fingerprint density at radius 1 is 1.35 bits per heavy atom. The van der Waals surface area contributed by atoms with Crippen LogP contribution in [0.15, 0.2) is 11.1 Å². The molecule has 2 heterocycles. The predicted molar refractivity (Wildman–Crippen MR) is 67.7 cm³/mol. The van der Waals surface area contributed by atoms with Crippen LogP contribution >= 0.6 is 0 Å². The van der Waals surface area contributed by atoms with Gasteiger partial charge in [-0.25, -0.2) is 0 Å². The minimum absolute atomic E-state index is 0.0173. The Labute approximate surface area is 104 Å². The second-order valence-corrected chi connectivity index (χ2v) is 6.75. The van der Waals surface area contributed by atoms with Gasteiger partial charge in [-0.2, -0.15) is 0 Å². The van der Waals surface area contributed by atoms with Crippen molar-refractivity contribution in [3.05, 3.63) is 11.1 Å². The molecule has 0 amide bonds. The Bertz CT molecular complexity index is 384. The molecule has 4 unspecified atom stereocenters. The van der Waals surface area contributed by atoms with E-state index in [1.54, 1.807) is 0 Å². The average molecular weight is 236 g/mol. The Kier molecular flexibility index (Phi) is 2.32. The summed E-state index contributed by atoms with van der Waals surface area (Å²) in [6, 6.07) is 0. The molecule has 3 aliphatic rings. The molecule has 3 rings (SSSR count). The largest absolute Gasteiger partial charge is 0.386 e. The van der Waals surface area contributed by atoms with Gasteiger partial charge in [-0.1, -0.05) is 19.4 Å². The molecule has 2 heteroatoms. The number of aliphatic hydroxyl groups excluding tert-OH is 1. The summed E-state index contributed by atoms with van der Waals surface area (Å²) in [5, 5.41) is 10.8. The molecule has 2 nitrogen and oxygen atoms in total. The van der Waals surface area contributed by atoms with Crippen molar-refractivity contribution >= 4 is 0 Å². The first-order chi connectivity index (χ1) is 7.91. The fraction of sp³-hybridized carbons (Fsp3) is 0.867. The molecule has 2 bridgehead atoms. The molecule has 0 saturated carbocycles.